The number of aryl methyl sites for hydroxylation is 1. The second-order valence-corrected chi connectivity index (χ2v) is 8.78. The van der Waals surface area contributed by atoms with Crippen molar-refractivity contribution >= 4 is 35.1 Å². The number of nitrogens with zero attached hydrogens (tertiary/aromatic N) is 2. The zero-order valence-electron chi connectivity index (χ0n) is 20.0. The van der Waals surface area contributed by atoms with Gasteiger partial charge in [0.25, 0.3) is 17.7 Å². The molecule has 37 heavy (non-hydrogen) atoms. The van der Waals surface area contributed by atoms with E-state index in [4.69, 9.17) is 0 Å². The van der Waals surface area contributed by atoms with Crippen LogP contribution < -0.4 is 5.32 Å². The van der Waals surface area contributed by atoms with Gasteiger partial charge in [-0.05, 0) is 55.3 Å². The molecule has 3 aromatic rings. The molecule has 0 saturated heterocycles. The summed E-state index contributed by atoms with van der Waals surface area (Å²) in [7, 11) is 0. The fraction of sp³-hybridized carbons (Fsp3) is 0.179. The van der Waals surface area contributed by atoms with E-state index in [1.807, 2.05) is 19.1 Å². The molecule has 0 saturated carbocycles. The van der Waals surface area contributed by atoms with E-state index in [1.54, 1.807) is 60.7 Å². The predicted octanol–water partition coefficient (Wildman–Crippen LogP) is 4.20. The minimum atomic E-state index is -1.14. The molecule has 1 unspecified atom stereocenters. The molecule has 3 amide bonds. The number of nitrogens with one attached hydrogen (secondary N) is 1. The van der Waals surface area contributed by atoms with Crippen LogP contribution >= 0.6 is 0 Å². The second-order valence-electron chi connectivity index (χ2n) is 8.78. The molecule has 0 aromatic heterocycles. The van der Waals surface area contributed by atoms with Gasteiger partial charge in [-0.25, -0.2) is 0 Å². The van der Waals surface area contributed by atoms with Crippen LogP contribution in [0.2, 0.25) is 0 Å². The number of carbonyl (C=O) groups is 4. The molecule has 0 fully saturated rings. The van der Waals surface area contributed by atoms with Gasteiger partial charge in [0.2, 0.25) is 0 Å². The molecule has 1 heterocycles. The number of amides is 3. The third kappa shape index (κ3) is 5.56. The van der Waals surface area contributed by atoms with Crippen molar-refractivity contribution in [2.45, 2.75) is 19.8 Å². The molecule has 9 nitrogen and oxygen atoms in total. The number of carboxylic acid groups (broad SMARTS) is 1. The zero-order chi connectivity index (χ0) is 26.5. The van der Waals surface area contributed by atoms with Gasteiger partial charge >= 0.3 is 5.97 Å². The number of carbonyl (C=O) groups excluding carboxylic acids is 3. The van der Waals surface area contributed by atoms with E-state index < -0.39 is 23.7 Å². The van der Waals surface area contributed by atoms with E-state index in [2.05, 4.69) is 10.5 Å². The van der Waals surface area contributed by atoms with Gasteiger partial charge < -0.3 is 15.6 Å². The molecule has 0 bridgehead atoms. The van der Waals surface area contributed by atoms with Gasteiger partial charge in [0.05, 0.1) is 22.8 Å². The lowest BCUT2D eigenvalue weighted by atomic mass is 9.94. The Morgan fingerprint density at radius 3 is 2.00 bits per heavy atom. The highest BCUT2D eigenvalue weighted by molar-refractivity contribution is 6.21. The molecule has 3 N–H and O–H groups in total. The zero-order valence-corrected chi connectivity index (χ0v) is 20.0. The lowest BCUT2D eigenvalue weighted by molar-refractivity contribution is -0.141. The van der Waals surface area contributed by atoms with Crippen LogP contribution in [0.3, 0.4) is 0 Å². The highest BCUT2D eigenvalue weighted by Crippen LogP contribution is 2.24. The number of fused-ring (bicyclic) bond motifs is 1. The monoisotopic (exact) mass is 499 g/mol. The van der Waals surface area contributed by atoms with Crippen LogP contribution in [0.15, 0.2) is 78.0 Å². The minimum absolute atomic E-state index is 0.00941. The summed E-state index contributed by atoms with van der Waals surface area (Å²) in [5.41, 5.74) is 3.27. The first-order valence-electron chi connectivity index (χ1n) is 11.7. The smallest absolute Gasteiger partial charge is 0.306 e. The SMILES string of the molecule is Cc1ccc(C(=O)Nc2ccc(/C(CC(CCN3C(=O)c4ccccc4C3=O)C(=O)O)=N\O)cc2)cc1. The summed E-state index contributed by atoms with van der Waals surface area (Å²) in [5.74, 6) is -3.33. The molecule has 9 heteroatoms. The molecule has 0 radical (unpaired) electrons. The molecule has 1 aliphatic heterocycles. The third-order valence-corrected chi connectivity index (χ3v) is 6.28. The Kier molecular flexibility index (Phi) is 7.43. The summed E-state index contributed by atoms with van der Waals surface area (Å²) >= 11 is 0. The molecular weight excluding hydrogens is 474 g/mol. The highest BCUT2D eigenvalue weighted by atomic mass is 16.4. The van der Waals surface area contributed by atoms with E-state index in [-0.39, 0.29) is 31.0 Å². The summed E-state index contributed by atoms with van der Waals surface area (Å²) in [6, 6.07) is 20.1. The average molecular weight is 500 g/mol. The summed E-state index contributed by atoms with van der Waals surface area (Å²) in [5, 5.41) is 25.4. The van der Waals surface area contributed by atoms with Crippen molar-refractivity contribution in [2.75, 3.05) is 11.9 Å². The Labute approximate surface area is 213 Å². The Bertz CT molecular complexity index is 1340. The van der Waals surface area contributed by atoms with Gasteiger partial charge in [-0.3, -0.25) is 24.1 Å². The third-order valence-electron chi connectivity index (χ3n) is 6.28. The normalized spacial score (nSPS) is 13.9. The number of hydrogen-bond donors (Lipinski definition) is 3. The van der Waals surface area contributed by atoms with Crippen molar-refractivity contribution in [1.82, 2.24) is 4.90 Å². The number of imide groups is 1. The summed E-state index contributed by atoms with van der Waals surface area (Å²) < 4.78 is 0. The van der Waals surface area contributed by atoms with Crippen LogP contribution in [0, 0.1) is 12.8 Å². The van der Waals surface area contributed by atoms with E-state index in [0.29, 0.717) is 27.9 Å². The Morgan fingerprint density at radius 2 is 1.46 bits per heavy atom. The molecule has 188 valence electrons. The van der Waals surface area contributed by atoms with Crippen molar-refractivity contribution in [1.29, 1.82) is 0 Å². The predicted molar refractivity (Wildman–Crippen MR) is 136 cm³/mol. The summed E-state index contributed by atoms with van der Waals surface area (Å²) in [4.78, 5) is 50.5. The first-order chi connectivity index (χ1) is 17.8. The van der Waals surface area contributed by atoms with Crippen LogP contribution in [-0.2, 0) is 4.79 Å². The molecule has 1 atom stereocenters. The van der Waals surface area contributed by atoms with E-state index >= 15 is 0 Å². The number of benzene rings is 3. The van der Waals surface area contributed by atoms with Crippen molar-refractivity contribution < 1.29 is 29.5 Å². The Morgan fingerprint density at radius 1 is 0.892 bits per heavy atom. The second kappa shape index (κ2) is 10.9. The molecule has 0 aliphatic carbocycles. The summed E-state index contributed by atoms with van der Waals surface area (Å²) in [6.45, 7) is 1.85. The topological polar surface area (TPSA) is 136 Å². The molecular formula is C28H25N3O6. The fourth-order valence-electron chi connectivity index (χ4n) is 4.14. The van der Waals surface area contributed by atoms with Gasteiger partial charge in [0.15, 0.2) is 0 Å². The number of rotatable bonds is 9. The van der Waals surface area contributed by atoms with Crippen molar-refractivity contribution in [3.63, 3.8) is 0 Å². The Hall–Kier alpha value is -4.79. The Balaban J connectivity index is 1.39. The van der Waals surface area contributed by atoms with Crippen molar-refractivity contribution in [3.8, 4) is 0 Å². The molecule has 0 spiro atoms. The number of aliphatic carboxylic acids is 1. The van der Waals surface area contributed by atoms with Gasteiger partial charge in [0.1, 0.15) is 0 Å². The van der Waals surface area contributed by atoms with Gasteiger partial charge in [-0.15, -0.1) is 0 Å². The van der Waals surface area contributed by atoms with Crippen LogP contribution in [0.1, 0.15) is 55.0 Å². The number of oxime groups is 1. The first kappa shape index (κ1) is 25.3. The number of anilines is 1. The quantitative estimate of drug-likeness (QED) is 0.175. The summed E-state index contributed by atoms with van der Waals surface area (Å²) in [6.07, 6.45) is -0.130. The standard InChI is InChI=1S/C28H25N3O6/c1-17-6-8-19(9-7-17)25(32)29-21-12-10-18(11-13-21)24(30-37)16-20(28(35)36)14-15-31-26(33)22-4-2-3-5-23(22)27(31)34/h2-13,20,37H,14-16H2,1H3,(H,29,32)(H,35,36)/b30-24-. The van der Waals surface area contributed by atoms with Gasteiger partial charge in [-0.1, -0.05) is 47.1 Å². The number of hydrogen-bond acceptors (Lipinski definition) is 6. The van der Waals surface area contributed by atoms with Crippen LogP contribution in [0.5, 0.6) is 0 Å². The van der Waals surface area contributed by atoms with Crippen LogP contribution in [0.25, 0.3) is 0 Å². The van der Waals surface area contributed by atoms with Crippen molar-refractivity contribution in [3.05, 3.63) is 101 Å². The molecule has 4 rings (SSSR count). The van der Waals surface area contributed by atoms with Gasteiger partial charge in [0, 0.05) is 24.2 Å². The number of carboxylic acids is 1. The highest BCUT2D eigenvalue weighted by Gasteiger charge is 2.35. The average Bonchev–Trinajstić information content (AvgIpc) is 3.14. The maximum atomic E-state index is 12.6. The van der Waals surface area contributed by atoms with E-state index in [0.717, 1.165) is 10.5 Å². The van der Waals surface area contributed by atoms with Crippen LogP contribution in [0.4, 0.5) is 5.69 Å². The minimum Gasteiger partial charge on any atom is -0.481 e. The van der Waals surface area contributed by atoms with E-state index in [9.17, 15) is 29.5 Å². The lowest BCUT2D eigenvalue weighted by Crippen LogP contribution is -2.33. The van der Waals surface area contributed by atoms with Crippen molar-refractivity contribution in [2.24, 2.45) is 11.1 Å². The maximum Gasteiger partial charge on any atom is 0.306 e. The molecule has 3 aromatic carbocycles. The van der Waals surface area contributed by atoms with Gasteiger partial charge in [-0.2, -0.15) is 0 Å². The first-order valence-corrected chi connectivity index (χ1v) is 11.7. The molecule has 1 aliphatic rings. The lowest BCUT2D eigenvalue weighted by Gasteiger charge is -2.18. The van der Waals surface area contributed by atoms with Crippen LogP contribution in [-0.4, -0.2) is 51.2 Å². The largest absolute Gasteiger partial charge is 0.481 e. The van der Waals surface area contributed by atoms with E-state index in [1.165, 1.54) is 0 Å². The fourth-order valence-corrected chi connectivity index (χ4v) is 4.14. The maximum absolute atomic E-state index is 12.6.